The van der Waals surface area contributed by atoms with E-state index in [4.69, 9.17) is 5.73 Å². The molecule has 2 aromatic heterocycles. The zero-order valence-electron chi connectivity index (χ0n) is 10.2. The van der Waals surface area contributed by atoms with Crippen LogP contribution in [0.15, 0.2) is 11.1 Å². The van der Waals surface area contributed by atoms with Gasteiger partial charge in [-0.05, 0) is 12.3 Å². The summed E-state index contributed by atoms with van der Waals surface area (Å²) in [6.07, 6.45) is 2.26. The maximum absolute atomic E-state index is 11.6. The first kappa shape index (κ1) is 12.1. The first-order chi connectivity index (χ1) is 9.09. The van der Waals surface area contributed by atoms with Crippen LogP contribution in [0.4, 0.5) is 5.95 Å². The lowest BCUT2D eigenvalue weighted by atomic mass is 10.1. The maximum Gasteiger partial charge on any atom is 0.280 e. The van der Waals surface area contributed by atoms with Crippen LogP contribution < -0.4 is 11.3 Å². The van der Waals surface area contributed by atoms with Crippen molar-refractivity contribution in [1.29, 1.82) is 0 Å². The first-order valence-electron chi connectivity index (χ1n) is 6.02. The number of aromatic nitrogens is 4. The molecule has 0 unspecified atom stereocenters. The minimum absolute atomic E-state index is 0.0173. The molecule has 2 aromatic rings. The Labute approximate surface area is 107 Å². The molecular formula is C11H15N5O3. The van der Waals surface area contributed by atoms with Crippen LogP contribution in [0.2, 0.25) is 0 Å². The molecule has 1 fully saturated rings. The summed E-state index contributed by atoms with van der Waals surface area (Å²) in [5.41, 5.74) is 5.42. The van der Waals surface area contributed by atoms with Crippen LogP contribution in [-0.4, -0.2) is 42.9 Å². The molecule has 5 N–H and O–H groups in total. The summed E-state index contributed by atoms with van der Waals surface area (Å²) in [6.45, 7) is 0.487. The minimum atomic E-state index is -0.381. The maximum atomic E-state index is 11.6. The molecular weight excluding hydrogens is 250 g/mol. The van der Waals surface area contributed by atoms with Gasteiger partial charge in [0.1, 0.15) is 0 Å². The van der Waals surface area contributed by atoms with Crippen molar-refractivity contribution >= 4 is 17.1 Å². The number of nitrogen functional groups attached to an aromatic ring is 1. The fourth-order valence-corrected chi connectivity index (χ4v) is 2.55. The van der Waals surface area contributed by atoms with Gasteiger partial charge in [0.15, 0.2) is 11.2 Å². The standard InChI is InChI=1S/C11H15N5O3/c12-10-14-8-7(9(19)15-10)13-5-16(8)3-11(4-18)1-6(11)2-17/h5-6,17-18H,1-4H2,(H3,12,14,15,19)/t6-,11+/m1/s1. The second-order valence-electron chi connectivity index (χ2n) is 5.10. The van der Waals surface area contributed by atoms with Crippen molar-refractivity contribution in [3.8, 4) is 0 Å². The summed E-state index contributed by atoms with van der Waals surface area (Å²) < 4.78 is 1.70. The number of aliphatic hydroxyl groups is 2. The number of nitrogens with zero attached hydrogens (tertiary/aromatic N) is 3. The van der Waals surface area contributed by atoms with Gasteiger partial charge in [0, 0.05) is 18.6 Å². The van der Waals surface area contributed by atoms with Gasteiger partial charge >= 0.3 is 0 Å². The molecule has 1 saturated carbocycles. The summed E-state index contributed by atoms with van der Waals surface area (Å²) in [5, 5.41) is 18.7. The zero-order chi connectivity index (χ0) is 13.6. The van der Waals surface area contributed by atoms with Crippen molar-refractivity contribution in [2.75, 3.05) is 18.9 Å². The van der Waals surface area contributed by atoms with E-state index in [9.17, 15) is 15.0 Å². The molecule has 3 rings (SSSR count). The third kappa shape index (κ3) is 1.80. The SMILES string of the molecule is Nc1nc2c(ncn2C[C@]2(CO)C[C@@H]2CO)c(=O)[nH]1. The second-order valence-corrected chi connectivity index (χ2v) is 5.10. The van der Waals surface area contributed by atoms with Crippen LogP contribution in [0, 0.1) is 11.3 Å². The molecule has 0 spiro atoms. The Morgan fingerprint density at radius 3 is 3.00 bits per heavy atom. The van der Waals surface area contributed by atoms with Gasteiger partial charge < -0.3 is 20.5 Å². The normalized spacial score (nSPS) is 25.9. The fourth-order valence-electron chi connectivity index (χ4n) is 2.55. The van der Waals surface area contributed by atoms with Gasteiger partial charge in [0.25, 0.3) is 5.56 Å². The third-order valence-electron chi connectivity index (χ3n) is 3.87. The minimum Gasteiger partial charge on any atom is -0.396 e. The van der Waals surface area contributed by atoms with E-state index in [1.807, 2.05) is 0 Å². The van der Waals surface area contributed by atoms with Gasteiger partial charge in [0.2, 0.25) is 5.95 Å². The van der Waals surface area contributed by atoms with Crippen molar-refractivity contribution < 1.29 is 10.2 Å². The highest BCUT2D eigenvalue weighted by Gasteiger charge is 2.53. The molecule has 0 aromatic carbocycles. The van der Waals surface area contributed by atoms with Crippen molar-refractivity contribution in [2.24, 2.45) is 11.3 Å². The van der Waals surface area contributed by atoms with Crippen LogP contribution in [-0.2, 0) is 6.54 Å². The van der Waals surface area contributed by atoms with Crippen molar-refractivity contribution in [1.82, 2.24) is 19.5 Å². The number of nitrogens with two attached hydrogens (primary N) is 1. The second kappa shape index (κ2) is 4.04. The monoisotopic (exact) mass is 265 g/mol. The van der Waals surface area contributed by atoms with E-state index >= 15 is 0 Å². The lowest BCUT2D eigenvalue weighted by molar-refractivity contribution is 0.158. The smallest absolute Gasteiger partial charge is 0.280 e. The van der Waals surface area contributed by atoms with E-state index in [1.165, 1.54) is 6.33 Å². The molecule has 0 bridgehead atoms. The number of aromatic amines is 1. The van der Waals surface area contributed by atoms with E-state index in [2.05, 4.69) is 15.0 Å². The average Bonchev–Trinajstić information content (AvgIpc) is 2.95. The van der Waals surface area contributed by atoms with Crippen LogP contribution >= 0.6 is 0 Å². The van der Waals surface area contributed by atoms with E-state index in [-0.39, 0.29) is 41.6 Å². The van der Waals surface area contributed by atoms with Gasteiger partial charge in [0.05, 0.1) is 12.9 Å². The molecule has 1 aliphatic carbocycles. The van der Waals surface area contributed by atoms with Crippen LogP contribution in [0.25, 0.3) is 11.2 Å². The highest BCUT2D eigenvalue weighted by molar-refractivity contribution is 5.70. The molecule has 0 radical (unpaired) electrons. The fraction of sp³-hybridized carbons (Fsp3) is 0.545. The van der Waals surface area contributed by atoms with Crippen molar-refractivity contribution in [3.05, 3.63) is 16.7 Å². The molecule has 19 heavy (non-hydrogen) atoms. The molecule has 0 aliphatic heterocycles. The Kier molecular flexibility index (Phi) is 2.58. The Morgan fingerprint density at radius 1 is 1.58 bits per heavy atom. The largest absolute Gasteiger partial charge is 0.396 e. The van der Waals surface area contributed by atoms with E-state index in [0.717, 1.165) is 6.42 Å². The number of anilines is 1. The van der Waals surface area contributed by atoms with E-state index in [0.29, 0.717) is 12.2 Å². The van der Waals surface area contributed by atoms with Crippen LogP contribution in [0.1, 0.15) is 6.42 Å². The number of hydrogen-bond acceptors (Lipinski definition) is 6. The highest BCUT2D eigenvalue weighted by Crippen LogP contribution is 2.53. The molecule has 2 atom stereocenters. The van der Waals surface area contributed by atoms with Gasteiger partial charge in [-0.15, -0.1) is 0 Å². The van der Waals surface area contributed by atoms with Gasteiger partial charge in [-0.2, -0.15) is 4.98 Å². The van der Waals surface area contributed by atoms with Crippen molar-refractivity contribution in [3.63, 3.8) is 0 Å². The Morgan fingerprint density at radius 2 is 2.37 bits per heavy atom. The number of H-pyrrole nitrogens is 1. The molecule has 0 saturated heterocycles. The summed E-state index contributed by atoms with van der Waals surface area (Å²) in [5.74, 6) is 0.112. The van der Waals surface area contributed by atoms with E-state index in [1.54, 1.807) is 4.57 Å². The third-order valence-corrected chi connectivity index (χ3v) is 3.87. The van der Waals surface area contributed by atoms with Gasteiger partial charge in [-0.25, -0.2) is 4.98 Å². The predicted molar refractivity (Wildman–Crippen MR) is 67.3 cm³/mol. The van der Waals surface area contributed by atoms with Crippen molar-refractivity contribution in [2.45, 2.75) is 13.0 Å². The Hall–Kier alpha value is -1.93. The lowest BCUT2D eigenvalue weighted by Gasteiger charge is -2.14. The highest BCUT2D eigenvalue weighted by atomic mass is 16.3. The van der Waals surface area contributed by atoms with Crippen LogP contribution in [0.5, 0.6) is 0 Å². The number of imidazole rings is 1. The quantitative estimate of drug-likeness (QED) is 0.543. The number of fused-ring (bicyclic) bond motifs is 1. The van der Waals surface area contributed by atoms with E-state index < -0.39 is 0 Å². The Balaban J connectivity index is 2.01. The first-order valence-corrected chi connectivity index (χ1v) is 6.02. The summed E-state index contributed by atoms with van der Waals surface area (Å²) in [4.78, 5) is 22.1. The molecule has 8 heteroatoms. The number of hydrogen-bond donors (Lipinski definition) is 4. The summed E-state index contributed by atoms with van der Waals surface area (Å²) in [6, 6.07) is 0. The number of aliphatic hydroxyl groups excluding tert-OH is 2. The topological polar surface area (TPSA) is 130 Å². The molecule has 0 amide bonds. The Bertz CT molecular complexity index is 679. The summed E-state index contributed by atoms with van der Waals surface area (Å²) in [7, 11) is 0. The number of nitrogens with one attached hydrogen (secondary N) is 1. The number of rotatable bonds is 4. The molecule has 1 aliphatic rings. The molecule has 2 heterocycles. The molecule has 102 valence electrons. The van der Waals surface area contributed by atoms with Gasteiger partial charge in [-0.3, -0.25) is 9.78 Å². The summed E-state index contributed by atoms with van der Waals surface area (Å²) >= 11 is 0. The van der Waals surface area contributed by atoms with Crippen LogP contribution in [0.3, 0.4) is 0 Å². The molecule has 8 nitrogen and oxygen atoms in total. The van der Waals surface area contributed by atoms with Gasteiger partial charge in [-0.1, -0.05) is 0 Å². The zero-order valence-corrected chi connectivity index (χ0v) is 10.2. The lowest BCUT2D eigenvalue weighted by Crippen LogP contribution is -2.20. The predicted octanol–water partition coefficient (Wildman–Crippen LogP) is -1.31. The average molecular weight is 265 g/mol.